The standard InChI is InChI=1S/C14H28N2O2/c1-12-6-5-8-16(10-12)13(17)15-11-14(2,3)7-9-18-4/h12H,5-11H2,1-4H3,(H,15,17). The van der Waals surface area contributed by atoms with Gasteiger partial charge in [0.05, 0.1) is 0 Å². The molecule has 1 rings (SSSR count). The molecule has 1 fully saturated rings. The molecule has 1 saturated heterocycles. The summed E-state index contributed by atoms with van der Waals surface area (Å²) in [6.45, 7) is 9.76. The Morgan fingerprint density at radius 2 is 2.22 bits per heavy atom. The van der Waals surface area contributed by atoms with Gasteiger partial charge in [0.2, 0.25) is 0 Å². The second kappa shape index (κ2) is 6.98. The highest BCUT2D eigenvalue weighted by atomic mass is 16.5. The molecule has 1 atom stereocenters. The van der Waals surface area contributed by atoms with Gasteiger partial charge in [-0.15, -0.1) is 0 Å². The van der Waals surface area contributed by atoms with Crippen molar-refractivity contribution < 1.29 is 9.53 Å². The lowest BCUT2D eigenvalue weighted by atomic mass is 9.90. The van der Waals surface area contributed by atoms with E-state index in [2.05, 4.69) is 26.1 Å². The highest BCUT2D eigenvalue weighted by Gasteiger charge is 2.23. The number of amides is 2. The van der Waals surface area contributed by atoms with Crippen molar-refractivity contribution in [3.8, 4) is 0 Å². The number of ether oxygens (including phenoxy) is 1. The summed E-state index contributed by atoms with van der Waals surface area (Å²) in [5, 5.41) is 3.05. The fraction of sp³-hybridized carbons (Fsp3) is 0.929. The zero-order valence-electron chi connectivity index (χ0n) is 12.3. The molecule has 106 valence electrons. The summed E-state index contributed by atoms with van der Waals surface area (Å²) < 4.78 is 5.09. The summed E-state index contributed by atoms with van der Waals surface area (Å²) >= 11 is 0. The number of piperidine rings is 1. The molecule has 4 nitrogen and oxygen atoms in total. The smallest absolute Gasteiger partial charge is 0.317 e. The van der Waals surface area contributed by atoms with E-state index in [1.807, 2.05) is 4.90 Å². The van der Waals surface area contributed by atoms with Crippen molar-refractivity contribution in [3.63, 3.8) is 0 Å². The van der Waals surface area contributed by atoms with E-state index in [1.165, 1.54) is 6.42 Å². The summed E-state index contributed by atoms with van der Waals surface area (Å²) in [6, 6.07) is 0.0899. The Bertz CT molecular complexity index is 267. The molecule has 18 heavy (non-hydrogen) atoms. The number of rotatable bonds is 5. The zero-order chi connectivity index (χ0) is 13.6. The minimum Gasteiger partial charge on any atom is -0.385 e. The average molecular weight is 256 g/mol. The van der Waals surface area contributed by atoms with Gasteiger partial charge in [-0.2, -0.15) is 0 Å². The Labute approximate surface area is 111 Å². The first kappa shape index (κ1) is 15.3. The summed E-state index contributed by atoms with van der Waals surface area (Å²) in [4.78, 5) is 14.0. The molecule has 1 heterocycles. The van der Waals surface area contributed by atoms with Crippen LogP contribution in [0.25, 0.3) is 0 Å². The van der Waals surface area contributed by atoms with Gasteiger partial charge in [0, 0.05) is 33.4 Å². The van der Waals surface area contributed by atoms with E-state index in [9.17, 15) is 4.79 Å². The van der Waals surface area contributed by atoms with Gasteiger partial charge in [0.25, 0.3) is 0 Å². The van der Waals surface area contributed by atoms with E-state index >= 15 is 0 Å². The number of methoxy groups -OCH3 is 1. The Morgan fingerprint density at radius 1 is 1.50 bits per heavy atom. The molecule has 0 aromatic heterocycles. The molecule has 1 unspecified atom stereocenters. The van der Waals surface area contributed by atoms with Crippen LogP contribution in [-0.2, 0) is 4.74 Å². The van der Waals surface area contributed by atoms with Crippen molar-refractivity contribution in [1.82, 2.24) is 10.2 Å². The molecular weight excluding hydrogens is 228 g/mol. The summed E-state index contributed by atoms with van der Waals surface area (Å²) in [6.07, 6.45) is 3.32. The number of hydrogen-bond acceptors (Lipinski definition) is 2. The van der Waals surface area contributed by atoms with E-state index < -0.39 is 0 Å². The van der Waals surface area contributed by atoms with Gasteiger partial charge in [-0.1, -0.05) is 20.8 Å². The molecule has 0 aromatic rings. The van der Waals surface area contributed by atoms with Crippen LogP contribution in [0.5, 0.6) is 0 Å². The molecule has 1 aliphatic rings. The van der Waals surface area contributed by atoms with Crippen LogP contribution >= 0.6 is 0 Å². The number of carbonyl (C=O) groups excluding carboxylic acids is 1. The third kappa shape index (κ3) is 5.25. The first-order chi connectivity index (χ1) is 8.44. The summed E-state index contributed by atoms with van der Waals surface area (Å²) in [5.74, 6) is 0.631. The third-order valence-corrected chi connectivity index (χ3v) is 3.65. The van der Waals surface area contributed by atoms with Gasteiger partial charge in [-0.25, -0.2) is 4.79 Å². The fourth-order valence-corrected chi connectivity index (χ4v) is 2.27. The summed E-state index contributed by atoms with van der Waals surface area (Å²) in [5.41, 5.74) is 0.0904. The van der Waals surface area contributed by atoms with Gasteiger partial charge in [0.15, 0.2) is 0 Å². The average Bonchev–Trinajstić information content (AvgIpc) is 2.34. The van der Waals surface area contributed by atoms with Crippen LogP contribution in [0.3, 0.4) is 0 Å². The van der Waals surface area contributed by atoms with E-state index in [0.29, 0.717) is 12.5 Å². The molecule has 1 aliphatic heterocycles. The normalized spacial score (nSPS) is 20.9. The van der Waals surface area contributed by atoms with Crippen LogP contribution in [0.4, 0.5) is 4.79 Å². The Hall–Kier alpha value is -0.770. The topological polar surface area (TPSA) is 41.6 Å². The lowest BCUT2D eigenvalue weighted by Crippen LogP contribution is -2.47. The number of carbonyl (C=O) groups is 1. The van der Waals surface area contributed by atoms with Crippen molar-refractivity contribution in [2.24, 2.45) is 11.3 Å². The van der Waals surface area contributed by atoms with Crippen molar-refractivity contribution in [2.75, 3.05) is 33.4 Å². The Morgan fingerprint density at radius 3 is 2.83 bits per heavy atom. The van der Waals surface area contributed by atoms with Crippen molar-refractivity contribution >= 4 is 6.03 Å². The largest absolute Gasteiger partial charge is 0.385 e. The predicted molar refractivity (Wildman–Crippen MR) is 73.6 cm³/mol. The van der Waals surface area contributed by atoms with E-state index in [4.69, 9.17) is 4.74 Å². The van der Waals surface area contributed by atoms with Crippen LogP contribution in [0, 0.1) is 11.3 Å². The highest BCUT2D eigenvalue weighted by Crippen LogP contribution is 2.19. The second-order valence-corrected chi connectivity index (χ2v) is 6.26. The van der Waals surface area contributed by atoms with Crippen molar-refractivity contribution in [1.29, 1.82) is 0 Å². The molecular formula is C14H28N2O2. The quantitative estimate of drug-likeness (QED) is 0.821. The molecule has 4 heteroatoms. The summed E-state index contributed by atoms with van der Waals surface area (Å²) in [7, 11) is 1.71. The minimum absolute atomic E-state index is 0.0899. The maximum Gasteiger partial charge on any atom is 0.317 e. The van der Waals surface area contributed by atoms with Crippen molar-refractivity contribution in [2.45, 2.75) is 40.0 Å². The monoisotopic (exact) mass is 256 g/mol. The van der Waals surface area contributed by atoms with Gasteiger partial charge in [0.1, 0.15) is 0 Å². The van der Waals surface area contributed by atoms with Crippen LogP contribution in [0.2, 0.25) is 0 Å². The molecule has 1 N–H and O–H groups in total. The highest BCUT2D eigenvalue weighted by molar-refractivity contribution is 5.74. The van der Waals surface area contributed by atoms with Gasteiger partial charge in [-0.3, -0.25) is 0 Å². The Balaban J connectivity index is 2.31. The molecule has 0 aliphatic carbocycles. The minimum atomic E-state index is 0.0899. The van der Waals surface area contributed by atoms with Crippen LogP contribution in [0.15, 0.2) is 0 Å². The lowest BCUT2D eigenvalue weighted by Gasteiger charge is -2.32. The molecule has 0 radical (unpaired) electrons. The molecule has 0 spiro atoms. The number of nitrogens with zero attached hydrogens (tertiary/aromatic N) is 1. The van der Waals surface area contributed by atoms with Crippen LogP contribution in [-0.4, -0.2) is 44.3 Å². The SMILES string of the molecule is COCCC(C)(C)CNC(=O)N1CCCC(C)C1. The number of urea groups is 1. The van der Waals surface area contributed by atoms with Gasteiger partial charge < -0.3 is 15.0 Å². The Kier molecular flexibility index (Phi) is 5.93. The number of likely N-dealkylation sites (tertiary alicyclic amines) is 1. The van der Waals surface area contributed by atoms with Crippen LogP contribution < -0.4 is 5.32 Å². The van der Waals surface area contributed by atoms with E-state index in [-0.39, 0.29) is 11.4 Å². The predicted octanol–water partition coefficient (Wildman–Crippen LogP) is 2.49. The maximum absolute atomic E-state index is 12.0. The second-order valence-electron chi connectivity index (χ2n) is 6.26. The third-order valence-electron chi connectivity index (χ3n) is 3.65. The molecule has 0 saturated carbocycles. The molecule has 2 amide bonds. The lowest BCUT2D eigenvalue weighted by molar-refractivity contribution is 0.143. The fourth-order valence-electron chi connectivity index (χ4n) is 2.27. The number of hydrogen-bond donors (Lipinski definition) is 1. The molecule has 0 bridgehead atoms. The van der Waals surface area contributed by atoms with E-state index in [1.54, 1.807) is 7.11 Å². The maximum atomic E-state index is 12.0. The molecule has 0 aromatic carbocycles. The van der Waals surface area contributed by atoms with E-state index in [0.717, 1.165) is 32.5 Å². The first-order valence-electron chi connectivity index (χ1n) is 6.96. The van der Waals surface area contributed by atoms with Gasteiger partial charge >= 0.3 is 6.03 Å². The first-order valence-corrected chi connectivity index (χ1v) is 6.96. The zero-order valence-corrected chi connectivity index (χ0v) is 12.3. The van der Waals surface area contributed by atoms with Crippen LogP contribution in [0.1, 0.15) is 40.0 Å². The number of nitrogens with one attached hydrogen (secondary N) is 1. The van der Waals surface area contributed by atoms with Crippen molar-refractivity contribution in [3.05, 3.63) is 0 Å². The van der Waals surface area contributed by atoms with Gasteiger partial charge in [-0.05, 0) is 30.6 Å².